The molecule has 0 saturated carbocycles. The molecule has 2 aromatic carbocycles. The number of carbonyl (C=O) groups excluding carboxylic acids is 2. The summed E-state index contributed by atoms with van der Waals surface area (Å²) in [5.74, 6) is -0.923. The number of H-pyrrole nitrogens is 2. The number of halogens is 2. The van der Waals surface area contributed by atoms with Gasteiger partial charge in [0, 0.05) is 0 Å². The summed E-state index contributed by atoms with van der Waals surface area (Å²) in [6.07, 6.45) is -0.951. The van der Waals surface area contributed by atoms with Crippen LogP contribution in [0.4, 0.5) is 5.69 Å². The summed E-state index contributed by atoms with van der Waals surface area (Å²) in [7, 11) is 0. The van der Waals surface area contributed by atoms with Crippen LogP contribution in [0.1, 0.15) is 6.92 Å². The molecule has 4 N–H and O–H groups in total. The van der Waals surface area contributed by atoms with Gasteiger partial charge in [-0.3, -0.25) is 29.4 Å². The van der Waals surface area contributed by atoms with Crippen LogP contribution in [0.15, 0.2) is 46.0 Å². The standard InChI is InChI=1S/C19H16Cl2N4O5/c1-9(30-13-7-3-5-11(20)16(13)21)17(27)22-8-14(26)23-12-6-2-4-10-15(12)19(29)25-24-18(10)28/h2-7,9H,8H2,1H3,(H,22,27)(H,23,26)(H,24,28)(H,25,29). The summed E-state index contributed by atoms with van der Waals surface area (Å²) in [5, 5.41) is 9.96. The molecule has 156 valence electrons. The third-order valence-electron chi connectivity index (χ3n) is 4.11. The molecule has 9 nitrogen and oxygen atoms in total. The molecule has 1 atom stereocenters. The van der Waals surface area contributed by atoms with Crippen LogP contribution in [0, 0.1) is 0 Å². The minimum atomic E-state index is -0.951. The second kappa shape index (κ2) is 9.02. The summed E-state index contributed by atoms with van der Waals surface area (Å²) in [4.78, 5) is 48.3. The molecule has 30 heavy (non-hydrogen) atoms. The number of anilines is 1. The monoisotopic (exact) mass is 450 g/mol. The lowest BCUT2D eigenvalue weighted by Crippen LogP contribution is -2.40. The topological polar surface area (TPSA) is 133 Å². The Balaban J connectivity index is 1.64. The lowest BCUT2D eigenvalue weighted by molar-refractivity contribution is -0.129. The molecule has 1 heterocycles. The van der Waals surface area contributed by atoms with E-state index >= 15 is 0 Å². The first kappa shape index (κ1) is 21.4. The van der Waals surface area contributed by atoms with Gasteiger partial charge in [-0.25, -0.2) is 0 Å². The zero-order valence-corrected chi connectivity index (χ0v) is 17.1. The van der Waals surface area contributed by atoms with Crippen LogP contribution in [0.3, 0.4) is 0 Å². The molecule has 0 aliphatic heterocycles. The van der Waals surface area contributed by atoms with Crippen molar-refractivity contribution in [3.05, 3.63) is 67.2 Å². The Morgan fingerprint density at radius 1 is 1.07 bits per heavy atom. The van der Waals surface area contributed by atoms with E-state index in [1.165, 1.54) is 25.1 Å². The van der Waals surface area contributed by atoms with E-state index in [0.29, 0.717) is 0 Å². The number of carbonyl (C=O) groups is 2. The molecule has 0 aliphatic rings. The molecule has 3 aromatic rings. The fourth-order valence-electron chi connectivity index (χ4n) is 2.66. The highest BCUT2D eigenvalue weighted by molar-refractivity contribution is 6.42. The van der Waals surface area contributed by atoms with E-state index in [2.05, 4.69) is 20.8 Å². The van der Waals surface area contributed by atoms with Gasteiger partial charge >= 0.3 is 0 Å². The van der Waals surface area contributed by atoms with Crippen LogP contribution in [0.25, 0.3) is 10.8 Å². The van der Waals surface area contributed by atoms with Gasteiger partial charge in [-0.1, -0.05) is 35.3 Å². The summed E-state index contributed by atoms with van der Waals surface area (Å²) >= 11 is 11.9. The number of nitrogens with one attached hydrogen (secondary N) is 4. The summed E-state index contributed by atoms with van der Waals surface area (Å²) < 4.78 is 5.48. The van der Waals surface area contributed by atoms with Crippen LogP contribution >= 0.6 is 23.2 Å². The highest BCUT2D eigenvalue weighted by Crippen LogP contribution is 2.32. The van der Waals surface area contributed by atoms with E-state index in [-0.39, 0.29) is 38.8 Å². The number of aromatic amines is 2. The van der Waals surface area contributed by atoms with Crippen molar-refractivity contribution in [3.8, 4) is 5.75 Å². The van der Waals surface area contributed by atoms with Crippen LogP contribution in [0.2, 0.25) is 10.0 Å². The lowest BCUT2D eigenvalue weighted by atomic mass is 10.1. The van der Waals surface area contributed by atoms with Crippen molar-refractivity contribution in [2.45, 2.75) is 13.0 Å². The average molecular weight is 451 g/mol. The largest absolute Gasteiger partial charge is 0.479 e. The van der Waals surface area contributed by atoms with Gasteiger partial charge in [0.25, 0.3) is 17.0 Å². The van der Waals surface area contributed by atoms with Gasteiger partial charge in [0.2, 0.25) is 5.91 Å². The number of fused-ring (bicyclic) bond motifs is 1. The smallest absolute Gasteiger partial charge is 0.272 e. The SMILES string of the molecule is CC(Oc1cccc(Cl)c1Cl)C(=O)NCC(=O)Nc1cccc2c(=O)[nH][nH]c(=O)c12. The molecule has 1 unspecified atom stereocenters. The maximum absolute atomic E-state index is 12.2. The number of aromatic nitrogens is 2. The molecule has 0 fully saturated rings. The molecule has 0 bridgehead atoms. The van der Waals surface area contributed by atoms with Crippen molar-refractivity contribution in [1.82, 2.24) is 15.5 Å². The molecule has 0 saturated heterocycles. The summed E-state index contributed by atoms with van der Waals surface area (Å²) in [6.45, 7) is 1.11. The van der Waals surface area contributed by atoms with Crippen molar-refractivity contribution in [2.24, 2.45) is 0 Å². The van der Waals surface area contributed by atoms with Crippen LogP contribution in [0.5, 0.6) is 5.75 Å². The molecular formula is C19H16Cl2N4O5. The fourth-order valence-corrected chi connectivity index (χ4v) is 2.99. The fraction of sp³-hybridized carbons (Fsp3) is 0.158. The highest BCUT2D eigenvalue weighted by Gasteiger charge is 2.18. The first-order chi connectivity index (χ1) is 14.3. The Bertz CT molecular complexity index is 1240. The van der Waals surface area contributed by atoms with Crippen LogP contribution in [-0.2, 0) is 9.59 Å². The predicted octanol–water partition coefficient (Wildman–Crippen LogP) is 2.05. The van der Waals surface area contributed by atoms with Crippen molar-refractivity contribution < 1.29 is 14.3 Å². The number of rotatable bonds is 6. The van der Waals surface area contributed by atoms with Gasteiger partial charge in [0.1, 0.15) is 10.8 Å². The molecular weight excluding hydrogens is 435 g/mol. The maximum Gasteiger partial charge on any atom is 0.272 e. The van der Waals surface area contributed by atoms with Gasteiger partial charge < -0.3 is 15.4 Å². The highest BCUT2D eigenvalue weighted by atomic mass is 35.5. The van der Waals surface area contributed by atoms with Crippen molar-refractivity contribution in [3.63, 3.8) is 0 Å². The first-order valence-electron chi connectivity index (χ1n) is 8.70. The number of hydrogen-bond donors (Lipinski definition) is 4. The van der Waals surface area contributed by atoms with E-state index in [4.69, 9.17) is 27.9 Å². The second-order valence-corrected chi connectivity index (χ2v) is 7.00. The summed E-state index contributed by atoms with van der Waals surface area (Å²) in [5.41, 5.74) is -0.918. The maximum atomic E-state index is 12.2. The average Bonchev–Trinajstić information content (AvgIpc) is 2.72. The molecule has 3 rings (SSSR count). The van der Waals surface area contributed by atoms with Gasteiger partial charge in [0.05, 0.1) is 28.0 Å². The molecule has 11 heteroatoms. The molecule has 0 aliphatic carbocycles. The molecule has 0 radical (unpaired) electrons. The number of hydrogen-bond acceptors (Lipinski definition) is 5. The van der Waals surface area contributed by atoms with Gasteiger partial charge in [0.15, 0.2) is 6.10 Å². The van der Waals surface area contributed by atoms with Crippen molar-refractivity contribution >= 4 is 51.5 Å². The zero-order chi connectivity index (χ0) is 21.8. The zero-order valence-electron chi connectivity index (χ0n) is 15.5. The van der Waals surface area contributed by atoms with Gasteiger partial charge in [-0.15, -0.1) is 0 Å². The van der Waals surface area contributed by atoms with E-state index in [1.54, 1.807) is 18.2 Å². The Morgan fingerprint density at radius 2 is 1.77 bits per heavy atom. The lowest BCUT2D eigenvalue weighted by Gasteiger charge is -2.16. The number of benzene rings is 2. The van der Waals surface area contributed by atoms with E-state index in [1.807, 2.05) is 0 Å². The molecule has 1 aromatic heterocycles. The molecule has 0 spiro atoms. The Kier molecular flexibility index (Phi) is 6.43. The minimum Gasteiger partial charge on any atom is -0.479 e. The van der Waals surface area contributed by atoms with E-state index < -0.39 is 29.0 Å². The first-order valence-corrected chi connectivity index (χ1v) is 9.45. The third-order valence-corrected chi connectivity index (χ3v) is 4.91. The third kappa shape index (κ3) is 4.64. The van der Waals surface area contributed by atoms with Crippen molar-refractivity contribution in [2.75, 3.05) is 11.9 Å². The van der Waals surface area contributed by atoms with Crippen LogP contribution in [-0.4, -0.2) is 34.7 Å². The quantitative estimate of drug-likeness (QED) is 0.455. The second-order valence-electron chi connectivity index (χ2n) is 6.21. The summed E-state index contributed by atoms with van der Waals surface area (Å²) in [6, 6.07) is 9.22. The normalized spacial score (nSPS) is 11.7. The Labute approximate surface area is 179 Å². The Hall–Kier alpha value is -3.30. The number of amides is 2. The molecule has 2 amide bonds. The minimum absolute atomic E-state index is 0.0354. The van der Waals surface area contributed by atoms with Crippen LogP contribution < -0.4 is 26.5 Å². The van der Waals surface area contributed by atoms with E-state index in [9.17, 15) is 19.2 Å². The Morgan fingerprint density at radius 3 is 2.53 bits per heavy atom. The van der Waals surface area contributed by atoms with Crippen molar-refractivity contribution in [1.29, 1.82) is 0 Å². The van der Waals surface area contributed by atoms with Gasteiger partial charge in [-0.2, -0.15) is 0 Å². The van der Waals surface area contributed by atoms with Gasteiger partial charge in [-0.05, 0) is 31.2 Å². The predicted molar refractivity (Wildman–Crippen MR) is 113 cm³/mol. The van der Waals surface area contributed by atoms with E-state index in [0.717, 1.165) is 0 Å². The number of ether oxygens (including phenoxy) is 1.